The number of carboxylic acid groups (broad SMARTS) is 1. The van der Waals surface area contributed by atoms with Gasteiger partial charge in [-0.3, -0.25) is 9.48 Å². The van der Waals surface area contributed by atoms with Crippen LogP contribution in [0.1, 0.15) is 19.8 Å². The van der Waals surface area contributed by atoms with Crippen LogP contribution in [0.25, 0.3) is 0 Å². The first-order chi connectivity index (χ1) is 9.55. The fraction of sp³-hybridized carbons (Fsp3) is 0.600. The molecule has 21 heavy (non-hydrogen) atoms. The van der Waals surface area contributed by atoms with Crippen molar-refractivity contribution in [3.05, 3.63) is 12.4 Å². The van der Waals surface area contributed by atoms with Crippen molar-refractivity contribution in [2.24, 2.45) is 0 Å². The molecule has 0 saturated heterocycles. The fourth-order valence-corrected chi connectivity index (χ4v) is 2.71. The van der Waals surface area contributed by atoms with E-state index >= 15 is 0 Å². The highest BCUT2D eigenvalue weighted by Gasteiger charge is 2.30. The van der Waals surface area contributed by atoms with E-state index in [0.717, 1.165) is 6.20 Å². The largest absolute Gasteiger partial charge is 0.480 e. The topological polar surface area (TPSA) is 101 Å². The minimum absolute atomic E-state index is 0.0608. The Labute approximate surface area is 118 Å². The second-order valence-electron chi connectivity index (χ2n) is 4.29. The summed E-state index contributed by atoms with van der Waals surface area (Å²) in [5.41, 5.74) is 0. The first kappa shape index (κ1) is 17.4. The number of nitrogens with one attached hydrogen (secondary N) is 1. The summed E-state index contributed by atoms with van der Waals surface area (Å²) in [4.78, 5) is 10.4. The number of carboxylic acids is 1. The average molecular weight is 329 g/mol. The lowest BCUT2D eigenvalue weighted by Crippen LogP contribution is -2.40. The molecule has 1 unspecified atom stereocenters. The van der Waals surface area contributed by atoms with Gasteiger partial charge in [-0.25, -0.2) is 8.42 Å². The Morgan fingerprint density at radius 3 is 2.62 bits per heavy atom. The van der Waals surface area contributed by atoms with Crippen LogP contribution in [-0.4, -0.2) is 41.5 Å². The molecule has 0 fully saturated rings. The van der Waals surface area contributed by atoms with E-state index in [4.69, 9.17) is 5.11 Å². The van der Waals surface area contributed by atoms with E-state index in [1.54, 1.807) is 6.92 Å². The SMILES string of the molecule is CCCC(NS(=O)(=O)c1cnn(CC(F)(F)F)c1)C(=O)O. The molecule has 2 N–H and O–H groups in total. The molecule has 11 heteroatoms. The summed E-state index contributed by atoms with van der Waals surface area (Å²) in [6, 6.07) is -1.34. The lowest BCUT2D eigenvalue weighted by atomic mass is 10.2. The van der Waals surface area contributed by atoms with Gasteiger partial charge in [0, 0.05) is 6.20 Å². The van der Waals surface area contributed by atoms with Crippen molar-refractivity contribution in [3.8, 4) is 0 Å². The van der Waals surface area contributed by atoms with Gasteiger partial charge < -0.3 is 5.11 Å². The second-order valence-corrected chi connectivity index (χ2v) is 6.00. The van der Waals surface area contributed by atoms with E-state index < -0.39 is 39.7 Å². The van der Waals surface area contributed by atoms with Crippen LogP contribution in [0.3, 0.4) is 0 Å². The molecule has 7 nitrogen and oxygen atoms in total. The number of sulfonamides is 1. The number of aromatic nitrogens is 2. The molecule has 0 aliphatic heterocycles. The molecule has 1 heterocycles. The van der Waals surface area contributed by atoms with E-state index in [2.05, 4.69) is 5.10 Å². The molecule has 1 rings (SSSR count). The van der Waals surface area contributed by atoms with Crippen molar-refractivity contribution in [3.63, 3.8) is 0 Å². The quantitative estimate of drug-likeness (QED) is 0.776. The van der Waals surface area contributed by atoms with Crippen LogP contribution < -0.4 is 4.72 Å². The van der Waals surface area contributed by atoms with Crippen molar-refractivity contribution in [1.29, 1.82) is 0 Å². The van der Waals surface area contributed by atoms with Crippen LogP contribution >= 0.6 is 0 Å². The standard InChI is InChI=1S/C10H14F3N3O4S/c1-2-3-8(9(17)18)15-21(19,20)7-4-14-16(5-7)6-10(11,12)13/h4-5,8,15H,2-3,6H2,1H3,(H,17,18). The number of aliphatic carboxylic acids is 1. The van der Waals surface area contributed by atoms with Crippen molar-refractivity contribution in [1.82, 2.24) is 14.5 Å². The third-order valence-corrected chi connectivity index (χ3v) is 3.86. The third-order valence-electron chi connectivity index (χ3n) is 2.43. The Morgan fingerprint density at radius 2 is 2.14 bits per heavy atom. The second kappa shape index (κ2) is 6.43. The number of hydrogen-bond donors (Lipinski definition) is 2. The number of rotatable bonds is 7. The predicted octanol–water partition coefficient (Wildman–Crippen LogP) is 0.977. The van der Waals surface area contributed by atoms with E-state index in [1.807, 2.05) is 4.72 Å². The number of alkyl halides is 3. The Kier molecular flexibility index (Phi) is 5.34. The van der Waals surface area contributed by atoms with Gasteiger partial charge in [0.2, 0.25) is 10.0 Å². The molecule has 0 saturated carbocycles. The maximum atomic E-state index is 12.2. The molecule has 0 aliphatic rings. The molecule has 0 radical (unpaired) electrons. The van der Waals surface area contributed by atoms with E-state index in [1.165, 1.54) is 0 Å². The van der Waals surface area contributed by atoms with Crippen LogP contribution in [0.4, 0.5) is 13.2 Å². The van der Waals surface area contributed by atoms with Crippen molar-refractivity contribution in [2.75, 3.05) is 0 Å². The van der Waals surface area contributed by atoms with E-state index in [9.17, 15) is 26.4 Å². The van der Waals surface area contributed by atoms with Gasteiger partial charge in [0.05, 0.1) is 6.20 Å². The average Bonchev–Trinajstić information content (AvgIpc) is 2.74. The van der Waals surface area contributed by atoms with Gasteiger partial charge >= 0.3 is 12.1 Å². The van der Waals surface area contributed by atoms with Gasteiger partial charge in [-0.05, 0) is 6.42 Å². The number of hydrogen-bond acceptors (Lipinski definition) is 4. The Hall–Kier alpha value is -1.62. The van der Waals surface area contributed by atoms with E-state index in [0.29, 0.717) is 17.3 Å². The van der Waals surface area contributed by atoms with Crippen LogP contribution in [0, 0.1) is 0 Å². The lowest BCUT2D eigenvalue weighted by Gasteiger charge is -2.12. The third kappa shape index (κ3) is 5.34. The van der Waals surface area contributed by atoms with Crippen LogP contribution in [-0.2, 0) is 21.4 Å². The maximum absolute atomic E-state index is 12.2. The van der Waals surface area contributed by atoms with Crippen LogP contribution in [0.15, 0.2) is 17.3 Å². The number of carbonyl (C=O) groups is 1. The first-order valence-corrected chi connectivity index (χ1v) is 7.38. The minimum atomic E-state index is -4.54. The molecule has 120 valence electrons. The highest BCUT2D eigenvalue weighted by Crippen LogP contribution is 2.18. The maximum Gasteiger partial charge on any atom is 0.408 e. The summed E-state index contributed by atoms with van der Waals surface area (Å²) in [7, 11) is -4.24. The first-order valence-electron chi connectivity index (χ1n) is 5.89. The summed E-state index contributed by atoms with van der Waals surface area (Å²) >= 11 is 0. The summed E-state index contributed by atoms with van der Waals surface area (Å²) in [6.07, 6.45) is -2.62. The van der Waals surface area contributed by atoms with E-state index in [-0.39, 0.29) is 6.42 Å². The van der Waals surface area contributed by atoms with Gasteiger partial charge in [-0.1, -0.05) is 13.3 Å². The van der Waals surface area contributed by atoms with Gasteiger partial charge in [0.15, 0.2) is 0 Å². The Bertz CT molecular complexity index is 597. The zero-order chi connectivity index (χ0) is 16.3. The normalized spacial score (nSPS) is 14.1. The fourth-order valence-electron chi connectivity index (χ4n) is 1.53. The Balaban J connectivity index is 2.90. The van der Waals surface area contributed by atoms with Gasteiger partial charge in [-0.15, -0.1) is 0 Å². The van der Waals surface area contributed by atoms with Crippen molar-refractivity contribution in [2.45, 2.75) is 43.4 Å². The molecule has 1 aromatic heterocycles. The molecule has 0 spiro atoms. The lowest BCUT2D eigenvalue weighted by molar-refractivity contribution is -0.142. The monoisotopic (exact) mass is 329 g/mol. The zero-order valence-electron chi connectivity index (χ0n) is 11.0. The molecular weight excluding hydrogens is 315 g/mol. The molecule has 0 bridgehead atoms. The highest BCUT2D eigenvalue weighted by molar-refractivity contribution is 7.89. The van der Waals surface area contributed by atoms with Crippen LogP contribution in [0.5, 0.6) is 0 Å². The summed E-state index contributed by atoms with van der Waals surface area (Å²) in [5.74, 6) is -1.36. The molecule has 0 aliphatic carbocycles. The summed E-state index contributed by atoms with van der Waals surface area (Å²) in [6.45, 7) is 0.242. The predicted molar refractivity (Wildman–Crippen MR) is 64.9 cm³/mol. The number of halogens is 3. The molecule has 0 aromatic carbocycles. The zero-order valence-corrected chi connectivity index (χ0v) is 11.8. The summed E-state index contributed by atoms with van der Waals surface area (Å²) in [5, 5.41) is 12.2. The van der Waals surface area contributed by atoms with Gasteiger partial charge in [-0.2, -0.15) is 23.0 Å². The molecule has 0 amide bonds. The van der Waals surface area contributed by atoms with Gasteiger partial charge in [0.25, 0.3) is 0 Å². The highest BCUT2D eigenvalue weighted by atomic mass is 32.2. The molecular formula is C10H14F3N3O4S. The van der Waals surface area contributed by atoms with Crippen molar-refractivity contribution >= 4 is 16.0 Å². The molecule has 1 aromatic rings. The minimum Gasteiger partial charge on any atom is -0.480 e. The summed E-state index contributed by atoms with van der Waals surface area (Å²) < 4.78 is 62.6. The van der Waals surface area contributed by atoms with Gasteiger partial charge in [0.1, 0.15) is 17.5 Å². The Morgan fingerprint density at radius 1 is 1.52 bits per heavy atom. The van der Waals surface area contributed by atoms with Crippen LogP contribution in [0.2, 0.25) is 0 Å². The molecule has 1 atom stereocenters. The number of nitrogens with zero attached hydrogens (tertiary/aromatic N) is 2. The smallest absolute Gasteiger partial charge is 0.408 e. The van der Waals surface area contributed by atoms with Crippen molar-refractivity contribution < 1.29 is 31.5 Å².